The van der Waals surface area contributed by atoms with Crippen molar-refractivity contribution in [3.05, 3.63) is 26.9 Å². The van der Waals surface area contributed by atoms with Crippen LogP contribution in [0.15, 0.2) is 16.7 Å². The molecule has 0 bridgehead atoms. The molecule has 6 nitrogen and oxygen atoms in total. The number of hydrogen-bond acceptors (Lipinski definition) is 5. The fraction of sp³-hybridized carbons (Fsp3) is 0.500. The Bertz CT molecular complexity index is 421. The number of aliphatic hydroxyl groups excluding tert-OH is 1. The first-order valence-corrected chi connectivity index (χ1v) is 5.90. The van der Waals surface area contributed by atoms with E-state index in [2.05, 4.69) is 26.2 Å². The highest BCUT2D eigenvalue weighted by Crippen LogP contribution is 2.28. The molecule has 0 aliphatic rings. The first-order chi connectivity index (χ1) is 7.91. The van der Waals surface area contributed by atoms with Crippen LogP contribution in [0.25, 0.3) is 0 Å². The lowest BCUT2D eigenvalue weighted by Crippen LogP contribution is -2.38. The Balaban J connectivity index is 3.10. The summed E-state index contributed by atoms with van der Waals surface area (Å²) in [6.07, 6.45) is 2.10. The zero-order chi connectivity index (χ0) is 13.1. The van der Waals surface area contributed by atoms with Gasteiger partial charge in [-0.1, -0.05) is 6.92 Å². The SMILES string of the molecule is CCC(C)(CO)Nc1ncc(Br)cc1[N+](=O)[O-]. The van der Waals surface area contributed by atoms with Crippen LogP contribution in [0.2, 0.25) is 0 Å². The molecule has 1 unspecified atom stereocenters. The second-order valence-corrected chi connectivity index (χ2v) is 4.89. The maximum absolute atomic E-state index is 10.9. The van der Waals surface area contributed by atoms with Gasteiger partial charge >= 0.3 is 5.69 Å². The number of nitrogens with zero attached hydrogens (tertiary/aromatic N) is 2. The molecule has 1 heterocycles. The van der Waals surface area contributed by atoms with Crippen molar-refractivity contribution in [1.29, 1.82) is 0 Å². The molecule has 0 aromatic carbocycles. The number of nitro groups is 1. The van der Waals surface area contributed by atoms with Gasteiger partial charge in [0.2, 0.25) is 5.82 Å². The van der Waals surface area contributed by atoms with Crippen molar-refractivity contribution >= 4 is 27.4 Å². The number of nitrogens with one attached hydrogen (secondary N) is 1. The van der Waals surface area contributed by atoms with E-state index in [1.807, 2.05) is 6.92 Å². The molecule has 2 N–H and O–H groups in total. The van der Waals surface area contributed by atoms with Gasteiger partial charge in [-0.3, -0.25) is 10.1 Å². The van der Waals surface area contributed by atoms with E-state index in [1.165, 1.54) is 12.3 Å². The van der Waals surface area contributed by atoms with E-state index in [9.17, 15) is 15.2 Å². The molecule has 17 heavy (non-hydrogen) atoms. The Hall–Kier alpha value is -1.21. The predicted molar refractivity (Wildman–Crippen MR) is 68.0 cm³/mol. The lowest BCUT2D eigenvalue weighted by molar-refractivity contribution is -0.384. The van der Waals surface area contributed by atoms with Crippen LogP contribution < -0.4 is 5.32 Å². The van der Waals surface area contributed by atoms with Crippen LogP contribution >= 0.6 is 15.9 Å². The molecule has 94 valence electrons. The number of pyridine rings is 1. The fourth-order valence-electron chi connectivity index (χ4n) is 1.19. The number of aromatic nitrogens is 1. The van der Waals surface area contributed by atoms with Gasteiger partial charge in [-0.15, -0.1) is 0 Å². The van der Waals surface area contributed by atoms with Crippen molar-refractivity contribution in [2.24, 2.45) is 0 Å². The van der Waals surface area contributed by atoms with Crippen molar-refractivity contribution in [3.8, 4) is 0 Å². The summed E-state index contributed by atoms with van der Waals surface area (Å²) in [6.45, 7) is 3.53. The number of halogens is 1. The molecule has 7 heteroatoms. The molecule has 0 aliphatic heterocycles. The van der Waals surface area contributed by atoms with Crippen molar-refractivity contribution in [2.45, 2.75) is 25.8 Å². The van der Waals surface area contributed by atoms with Crippen LogP contribution in [0.5, 0.6) is 0 Å². The lowest BCUT2D eigenvalue weighted by Gasteiger charge is -2.27. The van der Waals surface area contributed by atoms with E-state index >= 15 is 0 Å². The first kappa shape index (κ1) is 13.9. The average molecular weight is 304 g/mol. The molecule has 0 amide bonds. The van der Waals surface area contributed by atoms with Gasteiger partial charge in [0.15, 0.2) is 0 Å². The second kappa shape index (κ2) is 5.42. The van der Waals surface area contributed by atoms with Crippen LogP contribution in [0.3, 0.4) is 0 Å². The van der Waals surface area contributed by atoms with E-state index < -0.39 is 10.5 Å². The monoisotopic (exact) mass is 303 g/mol. The third-order valence-electron chi connectivity index (χ3n) is 2.58. The molecular weight excluding hydrogens is 290 g/mol. The molecule has 0 radical (unpaired) electrons. The van der Waals surface area contributed by atoms with Crippen LogP contribution in [-0.4, -0.2) is 27.2 Å². The molecule has 0 aliphatic carbocycles. The normalized spacial score (nSPS) is 14.1. The van der Waals surface area contributed by atoms with Gasteiger partial charge in [-0.05, 0) is 29.3 Å². The number of hydrogen-bond donors (Lipinski definition) is 2. The Morgan fingerprint density at radius 2 is 2.35 bits per heavy atom. The van der Waals surface area contributed by atoms with Gasteiger partial charge in [-0.2, -0.15) is 0 Å². The van der Waals surface area contributed by atoms with Crippen LogP contribution in [0.4, 0.5) is 11.5 Å². The van der Waals surface area contributed by atoms with Gasteiger partial charge in [0, 0.05) is 16.7 Å². The quantitative estimate of drug-likeness (QED) is 0.644. The average Bonchev–Trinajstić information content (AvgIpc) is 2.31. The lowest BCUT2D eigenvalue weighted by atomic mass is 10.0. The Kier molecular flexibility index (Phi) is 4.41. The fourth-order valence-corrected chi connectivity index (χ4v) is 1.51. The van der Waals surface area contributed by atoms with Crippen LogP contribution in [0, 0.1) is 10.1 Å². The van der Waals surface area contributed by atoms with E-state index in [-0.39, 0.29) is 18.1 Å². The van der Waals surface area contributed by atoms with Crippen molar-refractivity contribution < 1.29 is 10.0 Å². The smallest absolute Gasteiger partial charge is 0.312 e. The third kappa shape index (κ3) is 3.37. The second-order valence-electron chi connectivity index (χ2n) is 3.98. The third-order valence-corrected chi connectivity index (χ3v) is 3.01. The Morgan fingerprint density at radius 1 is 1.71 bits per heavy atom. The summed E-state index contributed by atoms with van der Waals surface area (Å²) in [5, 5.41) is 23.0. The summed E-state index contributed by atoms with van der Waals surface area (Å²) >= 11 is 3.13. The van der Waals surface area contributed by atoms with Crippen molar-refractivity contribution in [3.63, 3.8) is 0 Å². The molecule has 0 fully saturated rings. The number of aliphatic hydroxyl groups is 1. The summed E-state index contributed by atoms with van der Waals surface area (Å²) in [4.78, 5) is 14.3. The zero-order valence-electron chi connectivity index (χ0n) is 9.61. The predicted octanol–water partition coefficient (Wildman–Crippen LogP) is 2.33. The highest BCUT2D eigenvalue weighted by Gasteiger charge is 2.25. The maximum Gasteiger partial charge on any atom is 0.312 e. The summed E-state index contributed by atoms with van der Waals surface area (Å²) in [7, 11) is 0. The van der Waals surface area contributed by atoms with Gasteiger partial charge in [0.25, 0.3) is 0 Å². The summed E-state index contributed by atoms with van der Waals surface area (Å²) in [6, 6.07) is 1.38. The van der Waals surface area contributed by atoms with Crippen LogP contribution in [0.1, 0.15) is 20.3 Å². The molecule has 1 rings (SSSR count). The summed E-state index contributed by atoms with van der Waals surface area (Å²) in [5.41, 5.74) is -0.738. The highest BCUT2D eigenvalue weighted by atomic mass is 79.9. The molecule has 0 spiro atoms. The first-order valence-electron chi connectivity index (χ1n) is 5.11. The van der Waals surface area contributed by atoms with Gasteiger partial charge < -0.3 is 10.4 Å². The standard InChI is InChI=1S/C10H14BrN3O3/c1-3-10(2,6-15)13-9-8(14(16)17)4-7(11)5-12-9/h4-5,15H,3,6H2,1-2H3,(H,12,13). The summed E-state index contributed by atoms with van der Waals surface area (Å²) in [5.74, 6) is 0.164. The molecule has 1 aromatic rings. The number of rotatable bonds is 5. The summed E-state index contributed by atoms with van der Waals surface area (Å²) < 4.78 is 0.539. The molecular formula is C10H14BrN3O3. The van der Waals surface area contributed by atoms with Gasteiger partial charge in [-0.25, -0.2) is 4.98 Å². The van der Waals surface area contributed by atoms with E-state index in [0.717, 1.165) is 0 Å². The Morgan fingerprint density at radius 3 is 2.82 bits per heavy atom. The molecule has 1 atom stereocenters. The minimum atomic E-state index is -0.619. The molecule has 0 saturated carbocycles. The van der Waals surface area contributed by atoms with E-state index in [4.69, 9.17) is 0 Å². The van der Waals surface area contributed by atoms with Gasteiger partial charge in [0.05, 0.1) is 17.1 Å². The maximum atomic E-state index is 10.9. The molecule has 0 saturated heterocycles. The topological polar surface area (TPSA) is 88.3 Å². The molecule has 1 aromatic heterocycles. The van der Waals surface area contributed by atoms with Gasteiger partial charge in [0.1, 0.15) is 0 Å². The minimum absolute atomic E-state index is 0.118. The zero-order valence-corrected chi connectivity index (χ0v) is 11.2. The minimum Gasteiger partial charge on any atom is -0.394 e. The Labute approximate surface area is 107 Å². The largest absolute Gasteiger partial charge is 0.394 e. The van der Waals surface area contributed by atoms with Crippen molar-refractivity contribution in [2.75, 3.05) is 11.9 Å². The number of anilines is 1. The van der Waals surface area contributed by atoms with Crippen LogP contribution in [-0.2, 0) is 0 Å². The van der Waals surface area contributed by atoms with E-state index in [0.29, 0.717) is 10.9 Å². The highest BCUT2D eigenvalue weighted by molar-refractivity contribution is 9.10. The van der Waals surface area contributed by atoms with E-state index in [1.54, 1.807) is 6.92 Å². The van der Waals surface area contributed by atoms with Crippen molar-refractivity contribution in [1.82, 2.24) is 4.98 Å².